The predicted octanol–water partition coefficient (Wildman–Crippen LogP) is 4.79. The van der Waals surface area contributed by atoms with Gasteiger partial charge in [-0.05, 0) is 79.6 Å². The minimum absolute atomic E-state index is 0.390. The SMILES string of the molecule is Cc1cc(Cl)ccc1O[C@@H](C)C(=O)N/N=C\c1ccc(OC(=O)c2ccccc2)cc1. The second-order valence-corrected chi connectivity index (χ2v) is 7.17. The highest BCUT2D eigenvalue weighted by molar-refractivity contribution is 6.30. The molecule has 0 aliphatic carbocycles. The quantitative estimate of drug-likeness (QED) is 0.250. The summed E-state index contributed by atoms with van der Waals surface area (Å²) in [4.78, 5) is 24.3. The maximum Gasteiger partial charge on any atom is 0.343 e. The van der Waals surface area contributed by atoms with Crippen LogP contribution in [0.5, 0.6) is 11.5 Å². The molecule has 1 atom stereocenters. The fourth-order valence-electron chi connectivity index (χ4n) is 2.61. The van der Waals surface area contributed by atoms with Gasteiger partial charge in [0.15, 0.2) is 6.10 Å². The number of hydrogen-bond acceptors (Lipinski definition) is 5. The normalized spacial score (nSPS) is 11.7. The fourth-order valence-corrected chi connectivity index (χ4v) is 2.84. The zero-order valence-electron chi connectivity index (χ0n) is 17.0. The number of amides is 1. The smallest absolute Gasteiger partial charge is 0.343 e. The van der Waals surface area contributed by atoms with Crippen molar-refractivity contribution < 1.29 is 19.1 Å². The average molecular weight is 437 g/mol. The lowest BCUT2D eigenvalue weighted by Crippen LogP contribution is -2.33. The van der Waals surface area contributed by atoms with Crippen molar-refractivity contribution in [2.75, 3.05) is 0 Å². The van der Waals surface area contributed by atoms with Crippen molar-refractivity contribution >= 4 is 29.7 Å². The summed E-state index contributed by atoms with van der Waals surface area (Å²) < 4.78 is 11.0. The van der Waals surface area contributed by atoms with Gasteiger partial charge in [-0.25, -0.2) is 10.2 Å². The van der Waals surface area contributed by atoms with Crippen molar-refractivity contribution in [3.63, 3.8) is 0 Å². The molecule has 0 aliphatic heterocycles. The number of nitrogens with zero attached hydrogens (tertiary/aromatic N) is 1. The number of benzene rings is 3. The van der Waals surface area contributed by atoms with Gasteiger partial charge < -0.3 is 9.47 Å². The average Bonchev–Trinajstić information content (AvgIpc) is 2.77. The number of hydrazone groups is 1. The number of aryl methyl sites for hydroxylation is 1. The van der Waals surface area contributed by atoms with E-state index in [1.807, 2.05) is 13.0 Å². The summed E-state index contributed by atoms with van der Waals surface area (Å²) in [6.07, 6.45) is 0.748. The third-order valence-electron chi connectivity index (χ3n) is 4.30. The Morgan fingerprint density at radius 3 is 2.42 bits per heavy atom. The number of esters is 1. The summed E-state index contributed by atoms with van der Waals surface area (Å²) in [7, 11) is 0. The Morgan fingerprint density at radius 1 is 1.03 bits per heavy atom. The first kappa shape index (κ1) is 22.1. The second kappa shape index (κ2) is 10.4. The molecular weight excluding hydrogens is 416 g/mol. The molecule has 0 unspecified atom stereocenters. The van der Waals surface area contributed by atoms with Crippen LogP contribution >= 0.6 is 11.6 Å². The number of carbonyl (C=O) groups excluding carboxylic acids is 2. The lowest BCUT2D eigenvalue weighted by Gasteiger charge is -2.14. The third-order valence-corrected chi connectivity index (χ3v) is 4.53. The zero-order valence-corrected chi connectivity index (χ0v) is 17.8. The van der Waals surface area contributed by atoms with E-state index in [0.29, 0.717) is 22.1 Å². The van der Waals surface area contributed by atoms with Gasteiger partial charge in [-0.3, -0.25) is 4.79 Å². The van der Waals surface area contributed by atoms with Crippen LogP contribution in [0.4, 0.5) is 0 Å². The van der Waals surface area contributed by atoms with E-state index in [9.17, 15) is 9.59 Å². The van der Waals surface area contributed by atoms with Crippen molar-refractivity contribution in [3.8, 4) is 11.5 Å². The van der Waals surface area contributed by atoms with E-state index in [2.05, 4.69) is 10.5 Å². The standard InChI is InChI=1S/C24H21ClN2O4/c1-16-14-20(25)10-13-22(16)30-17(2)23(28)27-26-15-18-8-11-21(12-9-18)31-24(29)19-6-4-3-5-7-19/h3-15,17H,1-2H3,(H,27,28)/b26-15-/t17-/m0/s1. The molecular formula is C24H21ClN2O4. The van der Waals surface area contributed by atoms with Crippen LogP contribution in [-0.4, -0.2) is 24.2 Å². The molecule has 3 rings (SSSR count). The van der Waals surface area contributed by atoms with E-state index in [1.165, 1.54) is 6.21 Å². The van der Waals surface area contributed by atoms with Crippen LogP contribution in [-0.2, 0) is 4.79 Å². The van der Waals surface area contributed by atoms with Gasteiger partial charge in [0.25, 0.3) is 5.91 Å². The second-order valence-electron chi connectivity index (χ2n) is 6.73. The van der Waals surface area contributed by atoms with E-state index in [4.69, 9.17) is 21.1 Å². The van der Waals surface area contributed by atoms with Gasteiger partial charge in [0.2, 0.25) is 0 Å². The van der Waals surface area contributed by atoms with Crippen LogP contribution in [0.3, 0.4) is 0 Å². The molecule has 0 radical (unpaired) electrons. The molecule has 31 heavy (non-hydrogen) atoms. The molecule has 0 bridgehead atoms. The fraction of sp³-hybridized carbons (Fsp3) is 0.125. The number of ether oxygens (including phenoxy) is 2. The maximum absolute atomic E-state index is 12.2. The number of nitrogens with one attached hydrogen (secondary N) is 1. The first-order valence-electron chi connectivity index (χ1n) is 9.55. The van der Waals surface area contributed by atoms with E-state index in [-0.39, 0.29) is 5.91 Å². The molecule has 0 heterocycles. The molecule has 7 heteroatoms. The molecule has 0 saturated carbocycles. The number of hydrogen-bond donors (Lipinski definition) is 1. The van der Waals surface area contributed by atoms with Crippen molar-refractivity contribution in [3.05, 3.63) is 94.5 Å². The largest absolute Gasteiger partial charge is 0.481 e. The van der Waals surface area contributed by atoms with Crippen LogP contribution in [0.1, 0.15) is 28.4 Å². The summed E-state index contributed by atoms with van der Waals surface area (Å²) in [5, 5.41) is 4.55. The molecule has 0 aromatic heterocycles. The summed E-state index contributed by atoms with van der Waals surface area (Å²) in [5.74, 6) is 0.172. The Labute approximate surface area is 185 Å². The van der Waals surface area contributed by atoms with E-state index in [0.717, 1.165) is 11.1 Å². The number of rotatable bonds is 7. The van der Waals surface area contributed by atoms with Gasteiger partial charge >= 0.3 is 5.97 Å². The number of carbonyl (C=O) groups is 2. The molecule has 0 fully saturated rings. The zero-order chi connectivity index (χ0) is 22.2. The van der Waals surface area contributed by atoms with Gasteiger partial charge in [-0.1, -0.05) is 29.8 Å². The van der Waals surface area contributed by atoms with Gasteiger partial charge in [-0.15, -0.1) is 0 Å². The molecule has 1 amide bonds. The topological polar surface area (TPSA) is 77.0 Å². The van der Waals surface area contributed by atoms with Gasteiger partial charge in [0, 0.05) is 5.02 Å². The Kier molecular flexibility index (Phi) is 7.40. The third kappa shape index (κ3) is 6.42. The minimum atomic E-state index is -0.739. The van der Waals surface area contributed by atoms with Crippen molar-refractivity contribution in [2.24, 2.45) is 5.10 Å². The summed E-state index contributed by atoms with van der Waals surface area (Å²) >= 11 is 5.93. The lowest BCUT2D eigenvalue weighted by molar-refractivity contribution is -0.127. The molecule has 0 spiro atoms. The van der Waals surface area contributed by atoms with Gasteiger partial charge in [-0.2, -0.15) is 5.10 Å². The molecule has 1 N–H and O–H groups in total. The molecule has 158 valence electrons. The van der Waals surface area contributed by atoms with Crippen LogP contribution in [0.25, 0.3) is 0 Å². The Balaban J connectivity index is 1.51. The van der Waals surface area contributed by atoms with E-state index < -0.39 is 12.1 Å². The lowest BCUT2D eigenvalue weighted by atomic mass is 10.2. The molecule has 3 aromatic carbocycles. The molecule has 3 aromatic rings. The van der Waals surface area contributed by atoms with Crippen LogP contribution in [0.2, 0.25) is 5.02 Å². The molecule has 0 saturated heterocycles. The van der Waals surface area contributed by atoms with Crippen LogP contribution in [0, 0.1) is 6.92 Å². The predicted molar refractivity (Wildman–Crippen MR) is 120 cm³/mol. The monoisotopic (exact) mass is 436 g/mol. The van der Waals surface area contributed by atoms with Gasteiger partial charge in [0.05, 0.1) is 11.8 Å². The maximum atomic E-state index is 12.2. The van der Waals surface area contributed by atoms with E-state index in [1.54, 1.807) is 73.7 Å². The minimum Gasteiger partial charge on any atom is -0.481 e. The van der Waals surface area contributed by atoms with Crippen LogP contribution < -0.4 is 14.9 Å². The van der Waals surface area contributed by atoms with Crippen molar-refractivity contribution in [1.82, 2.24) is 5.43 Å². The van der Waals surface area contributed by atoms with Gasteiger partial charge in [0.1, 0.15) is 11.5 Å². The Hall–Kier alpha value is -3.64. The summed E-state index contributed by atoms with van der Waals surface area (Å²) in [6.45, 7) is 3.49. The first-order valence-corrected chi connectivity index (χ1v) is 9.93. The molecule has 0 aliphatic rings. The van der Waals surface area contributed by atoms with Crippen molar-refractivity contribution in [1.29, 1.82) is 0 Å². The Morgan fingerprint density at radius 2 is 1.74 bits per heavy atom. The highest BCUT2D eigenvalue weighted by atomic mass is 35.5. The van der Waals surface area contributed by atoms with E-state index >= 15 is 0 Å². The Bertz CT molecular complexity index is 1080. The first-order chi connectivity index (χ1) is 14.9. The van der Waals surface area contributed by atoms with Crippen molar-refractivity contribution in [2.45, 2.75) is 20.0 Å². The summed E-state index contributed by atoms with van der Waals surface area (Å²) in [6, 6.07) is 20.7. The summed E-state index contributed by atoms with van der Waals surface area (Å²) in [5.41, 5.74) is 4.48. The highest BCUT2D eigenvalue weighted by Crippen LogP contribution is 2.22. The highest BCUT2D eigenvalue weighted by Gasteiger charge is 2.15. The van der Waals surface area contributed by atoms with Crippen LogP contribution in [0.15, 0.2) is 77.9 Å². The molecule has 6 nitrogen and oxygen atoms in total. The number of halogens is 1.